The molecule has 0 aliphatic rings. The molecule has 0 saturated heterocycles. The fraction of sp³-hybridized carbons (Fsp3) is 0.0909. The number of hydrogen-bond donors (Lipinski definition) is 1. The molecule has 0 aliphatic carbocycles. The lowest BCUT2D eigenvalue weighted by Crippen LogP contribution is -1.67. The average Bonchev–Trinajstić information content (AvgIpc) is 2.21. The molecule has 0 amide bonds. The van der Waals surface area contributed by atoms with Crippen LogP contribution in [0.4, 0.5) is 0 Å². The molecule has 0 fully saturated rings. The van der Waals surface area contributed by atoms with Crippen molar-refractivity contribution in [2.45, 2.75) is 0 Å². The van der Waals surface area contributed by atoms with Gasteiger partial charge in [0.15, 0.2) is 0 Å². The Kier molecular flexibility index (Phi) is 3.30. The van der Waals surface area contributed by atoms with E-state index < -0.39 is 0 Å². The highest BCUT2D eigenvalue weighted by Crippen LogP contribution is 2.11. The standard InChI is InChI=1S/C10H8.CH4O/c1-2-6-10-8-4-3-7-9(10)5-1;1-2/h1-8H;2H,1H3. The number of aliphatic hydroxyl groups excluding tert-OH is 1. The van der Waals surface area contributed by atoms with E-state index >= 15 is 0 Å². The number of aliphatic hydroxyl groups is 1. The second kappa shape index (κ2) is 4.52. The van der Waals surface area contributed by atoms with Gasteiger partial charge in [0, 0.05) is 7.11 Å². The molecule has 0 atom stereocenters. The summed E-state index contributed by atoms with van der Waals surface area (Å²) >= 11 is 0. The first-order valence-electron chi connectivity index (χ1n) is 3.85. The Balaban J connectivity index is 0.000000336. The fourth-order valence-corrected chi connectivity index (χ4v) is 1.13. The van der Waals surface area contributed by atoms with Gasteiger partial charge in [-0.15, -0.1) is 0 Å². The lowest BCUT2D eigenvalue weighted by Gasteiger charge is -1.92. The number of hydrogen-bond acceptors (Lipinski definition) is 1. The zero-order chi connectivity index (χ0) is 8.81. The number of rotatable bonds is 0. The Hall–Kier alpha value is -1.34. The molecule has 1 N–H and O–H groups in total. The third-order valence-electron chi connectivity index (χ3n) is 1.66. The maximum absolute atomic E-state index is 7.00. The molecule has 0 aliphatic heterocycles. The minimum Gasteiger partial charge on any atom is -0.400 e. The Bertz CT molecular complexity index is 276. The van der Waals surface area contributed by atoms with Crippen molar-refractivity contribution in [1.29, 1.82) is 0 Å². The van der Waals surface area contributed by atoms with Crippen LogP contribution in [0.1, 0.15) is 0 Å². The van der Waals surface area contributed by atoms with E-state index in [2.05, 4.69) is 48.5 Å². The van der Waals surface area contributed by atoms with Gasteiger partial charge in [-0.05, 0) is 10.8 Å². The Morgan fingerprint density at radius 1 is 0.667 bits per heavy atom. The van der Waals surface area contributed by atoms with Gasteiger partial charge in [-0.3, -0.25) is 0 Å². The average molecular weight is 160 g/mol. The summed E-state index contributed by atoms with van der Waals surface area (Å²) < 4.78 is 0. The van der Waals surface area contributed by atoms with E-state index in [4.69, 9.17) is 5.11 Å². The van der Waals surface area contributed by atoms with E-state index in [0.29, 0.717) is 0 Å². The van der Waals surface area contributed by atoms with Gasteiger partial charge in [0.05, 0.1) is 0 Å². The molecule has 62 valence electrons. The van der Waals surface area contributed by atoms with Crippen LogP contribution in [0.5, 0.6) is 0 Å². The Morgan fingerprint density at radius 3 is 1.17 bits per heavy atom. The summed E-state index contributed by atoms with van der Waals surface area (Å²) in [6.45, 7) is 0. The molecular weight excluding hydrogens is 148 g/mol. The number of fused-ring (bicyclic) bond motifs is 1. The van der Waals surface area contributed by atoms with Crippen molar-refractivity contribution in [3.05, 3.63) is 48.5 Å². The van der Waals surface area contributed by atoms with Crippen molar-refractivity contribution < 1.29 is 5.11 Å². The second-order valence-corrected chi connectivity index (χ2v) is 2.35. The summed E-state index contributed by atoms with van der Waals surface area (Å²) in [5.74, 6) is 0. The predicted octanol–water partition coefficient (Wildman–Crippen LogP) is 2.45. The van der Waals surface area contributed by atoms with Gasteiger partial charge in [0.1, 0.15) is 0 Å². The topological polar surface area (TPSA) is 20.2 Å². The second-order valence-electron chi connectivity index (χ2n) is 2.35. The highest BCUT2D eigenvalue weighted by molar-refractivity contribution is 5.81. The van der Waals surface area contributed by atoms with Crippen molar-refractivity contribution in [2.75, 3.05) is 7.11 Å². The lowest BCUT2D eigenvalue weighted by molar-refractivity contribution is 0.399. The summed E-state index contributed by atoms with van der Waals surface area (Å²) in [6.07, 6.45) is 0. The molecule has 2 rings (SSSR count). The van der Waals surface area contributed by atoms with E-state index in [1.54, 1.807) is 0 Å². The minimum absolute atomic E-state index is 1.00. The van der Waals surface area contributed by atoms with E-state index in [1.807, 2.05) is 0 Å². The first-order valence-corrected chi connectivity index (χ1v) is 3.85. The van der Waals surface area contributed by atoms with Gasteiger partial charge in [-0.2, -0.15) is 0 Å². The zero-order valence-corrected chi connectivity index (χ0v) is 7.07. The van der Waals surface area contributed by atoms with E-state index in [9.17, 15) is 0 Å². The molecule has 0 bridgehead atoms. The largest absolute Gasteiger partial charge is 0.400 e. The van der Waals surface area contributed by atoms with Crippen molar-refractivity contribution in [1.82, 2.24) is 0 Å². The number of benzene rings is 2. The maximum Gasteiger partial charge on any atom is 0.0319 e. The van der Waals surface area contributed by atoms with E-state index in [-0.39, 0.29) is 0 Å². The summed E-state index contributed by atoms with van der Waals surface area (Å²) in [5, 5.41) is 9.62. The van der Waals surface area contributed by atoms with Gasteiger partial charge in [-0.25, -0.2) is 0 Å². The third-order valence-corrected chi connectivity index (χ3v) is 1.66. The predicted molar refractivity (Wildman–Crippen MR) is 52.1 cm³/mol. The summed E-state index contributed by atoms with van der Waals surface area (Å²) in [7, 11) is 1.00. The monoisotopic (exact) mass is 160 g/mol. The van der Waals surface area contributed by atoms with Crippen LogP contribution >= 0.6 is 0 Å². The molecule has 0 heterocycles. The highest BCUT2D eigenvalue weighted by Gasteiger charge is 1.85. The molecular formula is C11H12O. The van der Waals surface area contributed by atoms with Crippen LogP contribution in [0, 0.1) is 0 Å². The van der Waals surface area contributed by atoms with Gasteiger partial charge >= 0.3 is 0 Å². The molecule has 12 heavy (non-hydrogen) atoms. The summed E-state index contributed by atoms with van der Waals surface area (Å²) in [4.78, 5) is 0. The summed E-state index contributed by atoms with van der Waals surface area (Å²) in [5.41, 5.74) is 0. The van der Waals surface area contributed by atoms with Crippen molar-refractivity contribution in [3.8, 4) is 0 Å². The first kappa shape index (κ1) is 8.75. The van der Waals surface area contributed by atoms with Crippen molar-refractivity contribution in [2.24, 2.45) is 0 Å². The minimum atomic E-state index is 1.00. The molecule has 0 unspecified atom stereocenters. The van der Waals surface area contributed by atoms with Crippen molar-refractivity contribution in [3.63, 3.8) is 0 Å². The van der Waals surface area contributed by atoms with Crippen LogP contribution in [0.15, 0.2) is 48.5 Å². The molecule has 1 nitrogen and oxygen atoms in total. The van der Waals surface area contributed by atoms with Crippen LogP contribution in [0.2, 0.25) is 0 Å². The highest BCUT2D eigenvalue weighted by atomic mass is 16.2. The van der Waals surface area contributed by atoms with Gasteiger partial charge < -0.3 is 5.11 Å². The quantitative estimate of drug-likeness (QED) is 0.627. The van der Waals surface area contributed by atoms with E-state index in [1.165, 1.54) is 10.8 Å². The van der Waals surface area contributed by atoms with Crippen molar-refractivity contribution >= 4 is 10.8 Å². The maximum atomic E-state index is 7.00. The van der Waals surface area contributed by atoms with Crippen LogP contribution in [-0.2, 0) is 0 Å². The van der Waals surface area contributed by atoms with E-state index in [0.717, 1.165) is 7.11 Å². The van der Waals surface area contributed by atoms with Gasteiger partial charge in [-0.1, -0.05) is 48.5 Å². The molecule has 0 radical (unpaired) electrons. The van der Waals surface area contributed by atoms with Gasteiger partial charge in [0.2, 0.25) is 0 Å². The molecule has 0 aromatic heterocycles. The Morgan fingerprint density at radius 2 is 0.917 bits per heavy atom. The summed E-state index contributed by atoms with van der Waals surface area (Å²) in [6, 6.07) is 16.7. The molecule has 0 spiro atoms. The molecule has 2 aromatic rings. The third kappa shape index (κ3) is 1.83. The smallest absolute Gasteiger partial charge is 0.0319 e. The SMILES string of the molecule is CO.c1ccc2ccccc2c1. The fourth-order valence-electron chi connectivity index (χ4n) is 1.13. The van der Waals surface area contributed by atoms with Crippen LogP contribution in [0.3, 0.4) is 0 Å². The molecule has 1 heteroatoms. The Labute approximate surface area is 72.3 Å². The normalized spacial score (nSPS) is 8.83. The molecule has 2 aromatic carbocycles. The molecule has 0 saturated carbocycles. The lowest BCUT2D eigenvalue weighted by atomic mass is 10.1. The van der Waals surface area contributed by atoms with Gasteiger partial charge in [0.25, 0.3) is 0 Å². The zero-order valence-electron chi connectivity index (χ0n) is 7.07. The van der Waals surface area contributed by atoms with Crippen LogP contribution in [0.25, 0.3) is 10.8 Å². The first-order chi connectivity index (χ1) is 5.97. The van der Waals surface area contributed by atoms with Crippen LogP contribution < -0.4 is 0 Å². The van der Waals surface area contributed by atoms with Crippen LogP contribution in [-0.4, -0.2) is 12.2 Å².